The lowest BCUT2D eigenvalue weighted by Gasteiger charge is -2.25. The van der Waals surface area contributed by atoms with Gasteiger partial charge in [0.1, 0.15) is 11.2 Å². The average Bonchev–Trinajstić information content (AvgIpc) is 3.14. The van der Waals surface area contributed by atoms with Gasteiger partial charge in [0.05, 0.1) is 6.61 Å². The summed E-state index contributed by atoms with van der Waals surface area (Å²) in [6, 6.07) is 17.6. The summed E-state index contributed by atoms with van der Waals surface area (Å²) in [5.41, 5.74) is 1.14. The van der Waals surface area contributed by atoms with E-state index in [9.17, 15) is 14.7 Å². The second kappa shape index (κ2) is 8.44. The topological polar surface area (TPSA) is 76.1 Å². The maximum Gasteiger partial charge on any atom is 0.313 e. The van der Waals surface area contributed by atoms with Gasteiger partial charge in [-0.2, -0.15) is 0 Å². The second-order valence-corrected chi connectivity index (χ2v) is 7.18. The lowest BCUT2D eigenvalue weighted by molar-refractivity contribution is -0.152. The molecule has 3 rings (SSSR count). The number of hydrogen-bond donors (Lipinski definition) is 1. The summed E-state index contributed by atoms with van der Waals surface area (Å²) in [7, 11) is 1.47. The first-order valence-electron chi connectivity index (χ1n) is 9.28. The van der Waals surface area contributed by atoms with Gasteiger partial charge in [0, 0.05) is 20.2 Å². The van der Waals surface area contributed by atoms with E-state index in [4.69, 9.17) is 9.47 Å². The van der Waals surface area contributed by atoms with Crippen LogP contribution in [0.2, 0.25) is 0 Å². The quantitative estimate of drug-likeness (QED) is 0.795. The first-order valence-corrected chi connectivity index (χ1v) is 9.28. The van der Waals surface area contributed by atoms with E-state index in [1.807, 2.05) is 54.6 Å². The van der Waals surface area contributed by atoms with E-state index >= 15 is 0 Å². The van der Waals surface area contributed by atoms with Crippen LogP contribution in [0.25, 0.3) is 11.1 Å². The first-order chi connectivity index (χ1) is 13.4. The molecule has 0 bridgehead atoms. The molecule has 1 saturated heterocycles. The van der Waals surface area contributed by atoms with Crippen molar-refractivity contribution in [3.8, 4) is 16.9 Å². The van der Waals surface area contributed by atoms with Crippen LogP contribution < -0.4 is 4.74 Å². The number of carboxylic acids is 1. The van der Waals surface area contributed by atoms with Crippen LogP contribution in [0.5, 0.6) is 5.75 Å². The molecule has 1 aliphatic rings. The predicted molar refractivity (Wildman–Crippen MR) is 105 cm³/mol. The largest absolute Gasteiger partial charge is 0.481 e. The van der Waals surface area contributed by atoms with Gasteiger partial charge in [-0.1, -0.05) is 42.5 Å². The number of carbonyl (C=O) groups excluding carboxylic acids is 1. The zero-order chi connectivity index (χ0) is 20.1. The van der Waals surface area contributed by atoms with Crippen molar-refractivity contribution < 1.29 is 24.2 Å². The summed E-state index contributed by atoms with van der Waals surface area (Å²) in [4.78, 5) is 25.9. The molecule has 1 N–H and O–H groups in total. The van der Waals surface area contributed by atoms with Crippen molar-refractivity contribution in [1.29, 1.82) is 0 Å². The minimum absolute atomic E-state index is 0.0856. The van der Waals surface area contributed by atoms with E-state index in [2.05, 4.69) is 0 Å². The van der Waals surface area contributed by atoms with Gasteiger partial charge in [0.2, 0.25) is 0 Å². The Morgan fingerprint density at radius 2 is 1.75 bits per heavy atom. The summed E-state index contributed by atoms with van der Waals surface area (Å²) in [6.45, 7) is 2.29. The molecule has 6 nitrogen and oxygen atoms in total. The molecule has 0 saturated carbocycles. The molecule has 2 atom stereocenters. The summed E-state index contributed by atoms with van der Waals surface area (Å²) in [6.07, 6.45) is -0.324. The first kappa shape index (κ1) is 19.9. The Bertz CT molecular complexity index is 821. The van der Waals surface area contributed by atoms with E-state index < -0.39 is 17.5 Å². The summed E-state index contributed by atoms with van der Waals surface area (Å²) in [5, 5.41) is 9.54. The summed E-state index contributed by atoms with van der Waals surface area (Å²) >= 11 is 0. The Hall–Kier alpha value is -2.86. The number of carboxylic acid groups (broad SMARTS) is 1. The zero-order valence-corrected chi connectivity index (χ0v) is 16.1. The minimum atomic E-state index is -1.04. The molecule has 0 aromatic heterocycles. The normalized spacial score (nSPS) is 20.0. The van der Waals surface area contributed by atoms with Crippen molar-refractivity contribution in [1.82, 2.24) is 4.90 Å². The van der Waals surface area contributed by atoms with E-state index in [-0.39, 0.29) is 19.1 Å². The molecule has 0 radical (unpaired) electrons. The molecule has 0 spiro atoms. The molecule has 2 aromatic carbocycles. The van der Waals surface area contributed by atoms with Gasteiger partial charge in [0.15, 0.2) is 6.10 Å². The standard InChI is InChI=1S/C22H25NO5/c1-16(20(24)23-13-12-22(14-23,15-27-2)21(25)26)28-19-10-8-18(9-11-19)17-6-4-3-5-7-17/h3-11,16H,12-15H2,1-2H3,(H,25,26). The van der Waals surface area contributed by atoms with E-state index in [0.29, 0.717) is 18.7 Å². The van der Waals surface area contributed by atoms with Crippen molar-refractivity contribution in [2.75, 3.05) is 26.8 Å². The average molecular weight is 383 g/mol. The van der Waals surface area contributed by atoms with Gasteiger partial charge in [-0.15, -0.1) is 0 Å². The van der Waals surface area contributed by atoms with Crippen LogP contribution >= 0.6 is 0 Å². The molecule has 2 unspecified atom stereocenters. The number of nitrogens with zero attached hydrogens (tertiary/aromatic N) is 1. The summed E-state index contributed by atoms with van der Waals surface area (Å²) < 4.78 is 10.9. The van der Waals surface area contributed by atoms with Crippen molar-refractivity contribution in [3.05, 3.63) is 54.6 Å². The number of amides is 1. The number of rotatable bonds is 7. The smallest absolute Gasteiger partial charge is 0.313 e. The van der Waals surface area contributed by atoms with E-state index in [1.165, 1.54) is 7.11 Å². The molecule has 0 aliphatic carbocycles. The number of carbonyl (C=O) groups is 2. The summed E-state index contributed by atoms with van der Waals surface area (Å²) in [5.74, 6) is -0.554. The number of benzene rings is 2. The molecular weight excluding hydrogens is 358 g/mol. The van der Waals surface area contributed by atoms with Gasteiger partial charge >= 0.3 is 5.97 Å². The highest BCUT2D eigenvalue weighted by Crippen LogP contribution is 2.32. The number of methoxy groups -OCH3 is 1. The highest BCUT2D eigenvalue weighted by molar-refractivity contribution is 5.83. The molecule has 28 heavy (non-hydrogen) atoms. The van der Waals surface area contributed by atoms with Crippen LogP contribution in [0, 0.1) is 5.41 Å². The number of ether oxygens (including phenoxy) is 2. The molecule has 1 aliphatic heterocycles. The van der Waals surface area contributed by atoms with Crippen LogP contribution in [0.1, 0.15) is 13.3 Å². The van der Waals surface area contributed by atoms with Crippen LogP contribution in [0.4, 0.5) is 0 Å². The predicted octanol–water partition coefficient (Wildman–Crippen LogP) is 3.07. The van der Waals surface area contributed by atoms with Gasteiger partial charge in [-0.3, -0.25) is 9.59 Å². The maximum atomic E-state index is 12.7. The number of likely N-dealkylation sites (tertiary alicyclic amines) is 1. The number of aliphatic carboxylic acids is 1. The Balaban J connectivity index is 1.62. The molecule has 2 aromatic rings. The van der Waals surface area contributed by atoms with Gasteiger partial charge in [-0.05, 0) is 36.6 Å². The fourth-order valence-electron chi connectivity index (χ4n) is 3.56. The highest BCUT2D eigenvalue weighted by Gasteiger charge is 2.47. The molecule has 1 heterocycles. The minimum Gasteiger partial charge on any atom is -0.481 e. The van der Waals surface area contributed by atoms with Crippen LogP contribution in [0.3, 0.4) is 0 Å². The Morgan fingerprint density at radius 3 is 2.36 bits per heavy atom. The zero-order valence-electron chi connectivity index (χ0n) is 16.1. The van der Waals surface area contributed by atoms with Crippen LogP contribution in [-0.2, 0) is 14.3 Å². The second-order valence-electron chi connectivity index (χ2n) is 7.18. The third-order valence-electron chi connectivity index (χ3n) is 5.16. The maximum absolute atomic E-state index is 12.7. The Kier molecular flexibility index (Phi) is 5.99. The van der Waals surface area contributed by atoms with E-state index in [1.54, 1.807) is 11.8 Å². The SMILES string of the molecule is COCC1(C(=O)O)CCN(C(=O)C(C)Oc2ccc(-c3ccccc3)cc2)C1. The molecular formula is C22H25NO5. The lowest BCUT2D eigenvalue weighted by atomic mass is 9.88. The third-order valence-corrected chi connectivity index (χ3v) is 5.16. The molecule has 6 heteroatoms. The van der Waals surface area contributed by atoms with Gasteiger partial charge < -0.3 is 19.5 Å². The monoisotopic (exact) mass is 383 g/mol. The molecule has 148 valence electrons. The van der Waals surface area contributed by atoms with Gasteiger partial charge in [0.25, 0.3) is 5.91 Å². The molecule has 1 fully saturated rings. The van der Waals surface area contributed by atoms with Crippen molar-refractivity contribution >= 4 is 11.9 Å². The molecule has 1 amide bonds. The Morgan fingerprint density at radius 1 is 1.11 bits per heavy atom. The number of hydrogen-bond acceptors (Lipinski definition) is 4. The Labute approximate surface area is 164 Å². The van der Waals surface area contributed by atoms with Gasteiger partial charge in [-0.25, -0.2) is 0 Å². The van der Waals surface area contributed by atoms with Crippen molar-refractivity contribution in [3.63, 3.8) is 0 Å². The third kappa shape index (κ3) is 4.17. The van der Waals surface area contributed by atoms with Crippen LogP contribution in [-0.4, -0.2) is 54.8 Å². The lowest BCUT2D eigenvalue weighted by Crippen LogP contribution is -2.43. The van der Waals surface area contributed by atoms with Crippen molar-refractivity contribution in [2.24, 2.45) is 5.41 Å². The van der Waals surface area contributed by atoms with Crippen LogP contribution in [0.15, 0.2) is 54.6 Å². The fourth-order valence-corrected chi connectivity index (χ4v) is 3.56. The van der Waals surface area contributed by atoms with Crippen molar-refractivity contribution in [2.45, 2.75) is 19.4 Å². The fraction of sp³-hybridized carbons (Fsp3) is 0.364. The van der Waals surface area contributed by atoms with E-state index in [0.717, 1.165) is 11.1 Å². The highest BCUT2D eigenvalue weighted by atomic mass is 16.5.